The summed E-state index contributed by atoms with van der Waals surface area (Å²) in [5.41, 5.74) is 1.09. The van der Waals surface area contributed by atoms with Gasteiger partial charge in [0, 0.05) is 5.92 Å². The highest BCUT2D eigenvalue weighted by Gasteiger charge is 2.68. The first-order chi connectivity index (χ1) is 13.9. The van der Waals surface area contributed by atoms with Crippen LogP contribution in [0.1, 0.15) is 85.5 Å². The first-order valence-electron chi connectivity index (χ1n) is 12.9. The minimum atomic E-state index is -0.431. The van der Waals surface area contributed by atoms with Gasteiger partial charge in [0.2, 0.25) is 0 Å². The highest BCUT2D eigenvalue weighted by Crippen LogP contribution is 2.71. The molecule has 6 rings (SSSR count). The molecule has 0 N–H and O–H groups in total. The Hall–Kier alpha value is -0.340. The van der Waals surface area contributed by atoms with Crippen molar-refractivity contribution in [2.24, 2.45) is 52.3 Å². The molecule has 2 heteroatoms. The molecule has 29 heavy (non-hydrogen) atoms. The number of rotatable bonds is 0. The fourth-order valence-electron chi connectivity index (χ4n) is 9.95. The molecule has 11 atom stereocenters. The van der Waals surface area contributed by atoms with Crippen LogP contribution in [0.3, 0.4) is 0 Å². The Morgan fingerprint density at radius 1 is 0.897 bits per heavy atom. The zero-order chi connectivity index (χ0) is 20.0. The minimum absolute atomic E-state index is 0.411. The highest BCUT2D eigenvalue weighted by atomic mass is 16.7. The Morgan fingerprint density at radius 3 is 2.55 bits per heavy atom. The lowest BCUT2D eigenvalue weighted by molar-refractivity contribution is -0.224. The second kappa shape index (κ2) is 6.35. The van der Waals surface area contributed by atoms with Gasteiger partial charge in [-0.3, -0.25) is 0 Å². The van der Waals surface area contributed by atoms with Crippen molar-refractivity contribution in [1.82, 2.24) is 0 Å². The summed E-state index contributed by atoms with van der Waals surface area (Å²) in [6.45, 7) is 10.8. The number of hydrogen-bond donors (Lipinski definition) is 0. The van der Waals surface area contributed by atoms with E-state index in [4.69, 9.17) is 9.47 Å². The molecule has 2 aliphatic heterocycles. The van der Waals surface area contributed by atoms with Gasteiger partial charge in [-0.25, -0.2) is 0 Å². The summed E-state index contributed by atoms with van der Waals surface area (Å²) in [7, 11) is 0. The summed E-state index contributed by atoms with van der Waals surface area (Å²) >= 11 is 0. The Kier molecular flexibility index (Phi) is 4.23. The molecule has 2 heterocycles. The van der Waals surface area contributed by atoms with Gasteiger partial charge in [-0.2, -0.15) is 0 Å². The molecule has 2 nitrogen and oxygen atoms in total. The largest absolute Gasteiger partial charge is 0.346 e. The normalized spacial score (nSPS) is 61.1. The Morgan fingerprint density at radius 2 is 1.76 bits per heavy atom. The standard InChI is InChI=1S/C27H42O2/c1-17-10-14-27(28-16-17)18(2)24-23(29-27)15-22-20-9-8-19-7-5-6-12-25(19,3)21(20)11-13-26(22,24)4/h10,14,17-24H,5-9,11-13,15-16H2,1-4H3/t17?,18-,19?,20+,21-,22-,23-,24-,25-,26-,27+/m0/s1. The summed E-state index contributed by atoms with van der Waals surface area (Å²) in [6, 6.07) is 0. The maximum Gasteiger partial charge on any atom is 0.191 e. The van der Waals surface area contributed by atoms with Crippen LogP contribution < -0.4 is 0 Å². The molecule has 0 aromatic heterocycles. The molecule has 0 aromatic rings. The lowest BCUT2D eigenvalue weighted by Crippen LogP contribution is -2.53. The lowest BCUT2D eigenvalue weighted by Gasteiger charge is -2.60. The summed E-state index contributed by atoms with van der Waals surface area (Å²) in [5.74, 6) is 5.06. The van der Waals surface area contributed by atoms with E-state index >= 15 is 0 Å². The molecule has 0 amide bonds. The Labute approximate surface area is 178 Å². The van der Waals surface area contributed by atoms with E-state index in [0.29, 0.717) is 34.7 Å². The minimum Gasteiger partial charge on any atom is -0.346 e. The third kappa shape index (κ3) is 2.48. The van der Waals surface area contributed by atoms with E-state index < -0.39 is 5.79 Å². The summed E-state index contributed by atoms with van der Waals surface area (Å²) in [5, 5.41) is 0. The van der Waals surface area contributed by atoms with Crippen LogP contribution in [0.15, 0.2) is 12.2 Å². The smallest absolute Gasteiger partial charge is 0.191 e. The second-order valence-corrected chi connectivity index (χ2v) is 12.5. The number of ether oxygens (including phenoxy) is 2. The lowest BCUT2D eigenvalue weighted by atomic mass is 9.44. The zero-order valence-corrected chi connectivity index (χ0v) is 19.2. The van der Waals surface area contributed by atoms with E-state index in [-0.39, 0.29) is 0 Å². The van der Waals surface area contributed by atoms with E-state index in [1.165, 1.54) is 57.8 Å². The molecule has 0 aromatic carbocycles. The van der Waals surface area contributed by atoms with E-state index in [2.05, 4.69) is 39.8 Å². The molecule has 1 saturated heterocycles. The van der Waals surface area contributed by atoms with Crippen molar-refractivity contribution in [2.75, 3.05) is 6.61 Å². The average molecular weight is 399 g/mol. The monoisotopic (exact) mass is 398 g/mol. The van der Waals surface area contributed by atoms with E-state index in [1.54, 1.807) is 0 Å². The van der Waals surface area contributed by atoms with E-state index in [9.17, 15) is 0 Å². The third-order valence-electron chi connectivity index (χ3n) is 11.4. The molecule has 6 aliphatic rings. The summed E-state index contributed by atoms with van der Waals surface area (Å²) in [4.78, 5) is 0. The van der Waals surface area contributed by atoms with Gasteiger partial charge in [-0.1, -0.05) is 46.6 Å². The Bertz CT molecular complexity index is 701. The van der Waals surface area contributed by atoms with E-state index in [0.717, 1.165) is 30.3 Å². The quantitative estimate of drug-likeness (QED) is 0.428. The molecule has 0 bridgehead atoms. The molecular formula is C27H42O2. The molecule has 0 radical (unpaired) electrons. The van der Waals surface area contributed by atoms with Gasteiger partial charge in [-0.15, -0.1) is 0 Å². The van der Waals surface area contributed by atoms with Crippen LogP contribution in [0.5, 0.6) is 0 Å². The molecule has 4 aliphatic carbocycles. The molecule has 162 valence electrons. The highest BCUT2D eigenvalue weighted by molar-refractivity contribution is 5.18. The van der Waals surface area contributed by atoms with Crippen LogP contribution >= 0.6 is 0 Å². The van der Waals surface area contributed by atoms with Gasteiger partial charge in [0.05, 0.1) is 12.7 Å². The average Bonchev–Trinajstić information content (AvgIpc) is 3.15. The molecule has 4 saturated carbocycles. The van der Waals surface area contributed by atoms with Crippen LogP contribution in [0.25, 0.3) is 0 Å². The van der Waals surface area contributed by atoms with Crippen molar-refractivity contribution in [2.45, 2.75) is 97.4 Å². The van der Waals surface area contributed by atoms with Gasteiger partial charge in [-0.05, 0) is 97.4 Å². The fraction of sp³-hybridized carbons (Fsp3) is 0.926. The van der Waals surface area contributed by atoms with Crippen molar-refractivity contribution in [1.29, 1.82) is 0 Å². The first-order valence-corrected chi connectivity index (χ1v) is 12.9. The molecule has 1 spiro atoms. The molecule has 2 unspecified atom stereocenters. The van der Waals surface area contributed by atoms with Gasteiger partial charge in [0.25, 0.3) is 0 Å². The molecular weight excluding hydrogens is 356 g/mol. The van der Waals surface area contributed by atoms with Crippen molar-refractivity contribution >= 4 is 0 Å². The van der Waals surface area contributed by atoms with E-state index in [1.807, 2.05) is 0 Å². The van der Waals surface area contributed by atoms with Crippen LogP contribution in [0.2, 0.25) is 0 Å². The predicted octanol–water partition coefficient (Wildman–Crippen LogP) is 6.60. The van der Waals surface area contributed by atoms with Gasteiger partial charge in [0.15, 0.2) is 5.79 Å². The van der Waals surface area contributed by atoms with Crippen LogP contribution in [0.4, 0.5) is 0 Å². The van der Waals surface area contributed by atoms with Gasteiger partial charge < -0.3 is 9.47 Å². The van der Waals surface area contributed by atoms with Crippen molar-refractivity contribution in [3.63, 3.8) is 0 Å². The zero-order valence-electron chi connectivity index (χ0n) is 19.2. The maximum atomic E-state index is 6.83. The summed E-state index contributed by atoms with van der Waals surface area (Å²) in [6.07, 6.45) is 18.2. The fourth-order valence-corrected chi connectivity index (χ4v) is 9.95. The van der Waals surface area contributed by atoms with Crippen molar-refractivity contribution < 1.29 is 9.47 Å². The van der Waals surface area contributed by atoms with Crippen molar-refractivity contribution in [3.8, 4) is 0 Å². The number of hydrogen-bond acceptors (Lipinski definition) is 2. The van der Waals surface area contributed by atoms with Crippen LogP contribution in [-0.2, 0) is 9.47 Å². The number of fused-ring (bicyclic) bond motifs is 7. The first kappa shape index (κ1) is 19.4. The maximum absolute atomic E-state index is 6.83. The second-order valence-electron chi connectivity index (χ2n) is 12.5. The van der Waals surface area contributed by atoms with Gasteiger partial charge >= 0.3 is 0 Å². The topological polar surface area (TPSA) is 18.5 Å². The Balaban J connectivity index is 1.29. The predicted molar refractivity (Wildman–Crippen MR) is 116 cm³/mol. The molecule has 5 fully saturated rings. The van der Waals surface area contributed by atoms with Crippen molar-refractivity contribution in [3.05, 3.63) is 12.2 Å². The van der Waals surface area contributed by atoms with Crippen LogP contribution in [0, 0.1) is 52.3 Å². The summed E-state index contributed by atoms with van der Waals surface area (Å²) < 4.78 is 13.2. The van der Waals surface area contributed by atoms with Gasteiger partial charge in [0.1, 0.15) is 0 Å². The third-order valence-corrected chi connectivity index (χ3v) is 11.4. The van der Waals surface area contributed by atoms with Crippen LogP contribution in [-0.4, -0.2) is 18.5 Å². The SMILES string of the molecule is CC1C=C[C@@]2(OC1)O[C@H]1C[C@H]3[C@@H]4CCC5CCCC[C@]5(C)[C@H]4CC[C@]3(C)[C@H]1[C@@H]2C.